The minimum Gasteiger partial charge on any atom is -0.310 e. The molecule has 5 nitrogen and oxygen atoms in total. The van der Waals surface area contributed by atoms with E-state index in [2.05, 4.69) is 33.3 Å². The van der Waals surface area contributed by atoms with Crippen LogP contribution in [0.3, 0.4) is 0 Å². The minimum absolute atomic E-state index is 0.741. The molecule has 0 unspecified atom stereocenters. The summed E-state index contributed by atoms with van der Waals surface area (Å²) in [5.74, 6) is 0.979. The van der Waals surface area contributed by atoms with E-state index in [0.717, 1.165) is 54.3 Å². The average Bonchev–Trinajstić information content (AvgIpc) is 2.81. The average molecular weight is 283 g/mol. The van der Waals surface area contributed by atoms with Gasteiger partial charge in [-0.1, -0.05) is 26.0 Å². The van der Waals surface area contributed by atoms with Crippen molar-refractivity contribution in [3.05, 3.63) is 30.1 Å². The Balaban J connectivity index is 2.01. The maximum atomic E-state index is 4.75. The molecule has 0 spiro atoms. The third kappa shape index (κ3) is 2.61. The summed E-state index contributed by atoms with van der Waals surface area (Å²) < 4.78 is 2.17. The van der Waals surface area contributed by atoms with Crippen molar-refractivity contribution >= 4 is 22.3 Å². The summed E-state index contributed by atoms with van der Waals surface area (Å²) in [7, 11) is 0. The van der Waals surface area contributed by atoms with Crippen molar-refractivity contribution in [3.63, 3.8) is 0 Å². The van der Waals surface area contributed by atoms with E-state index in [1.54, 1.807) is 0 Å². The van der Waals surface area contributed by atoms with E-state index >= 15 is 0 Å². The Morgan fingerprint density at radius 1 is 1.00 bits per heavy atom. The Hall–Kier alpha value is -2.01. The Labute approximate surface area is 124 Å². The first kappa shape index (κ1) is 13.9. The van der Waals surface area contributed by atoms with Gasteiger partial charge in [0.2, 0.25) is 0 Å². The normalized spacial score (nSPS) is 11.8. The fraction of sp³-hybridized carbons (Fsp3) is 0.438. The van der Waals surface area contributed by atoms with Crippen molar-refractivity contribution < 1.29 is 0 Å². The highest BCUT2D eigenvalue weighted by Crippen LogP contribution is 2.17. The molecule has 2 aromatic heterocycles. The molecule has 3 aromatic rings. The predicted molar refractivity (Wildman–Crippen MR) is 85.4 cm³/mol. The summed E-state index contributed by atoms with van der Waals surface area (Å²) in [6.07, 6.45) is 0. The highest BCUT2D eigenvalue weighted by Gasteiger charge is 2.12. The predicted octanol–water partition coefficient (Wildman–Crippen LogP) is 2.63. The molecule has 1 aromatic carbocycles. The van der Waals surface area contributed by atoms with Crippen LogP contribution in [0.15, 0.2) is 24.3 Å². The van der Waals surface area contributed by atoms with E-state index in [-0.39, 0.29) is 0 Å². The zero-order valence-corrected chi connectivity index (χ0v) is 12.9. The van der Waals surface area contributed by atoms with Crippen LogP contribution in [-0.4, -0.2) is 44.1 Å². The van der Waals surface area contributed by atoms with Crippen molar-refractivity contribution in [3.8, 4) is 0 Å². The number of aryl methyl sites for hydroxylation is 1. The molecular weight excluding hydrogens is 262 g/mol. The maximum Gasteiger partial charge on any atom is 0.198 e. The number of likely N-dealkylation sites (N-methyl/N-ethyl adjacent to an activating group) is 1. The lowest BCUT2D eigenvalue weighted by Gasteiger charge is -2.18. The minimum atomic E-state index is 0.741. The van der Waals surface area contributed by atoms with Crippen LogP contribution in [0.1, 0.15) is 19.7 Å². The molecule has 0 fully saturated rings. The summed E-state index contributed by atoms with van der Waals surface area (Å²) in [6.45, 7) is 10.4. The smallest absolute Gasteiger partial charge is 0.198 e. The lowest BCUT2D eigenvalue weighted by atomic mass is 10.3. The molecule has 21 heavy (non-hydrogen) atoms. The van der Waals surface area contributed by atoms with Gasteiger partial charge in [-0.3, -0.25) is 0 Å². The Bertz CT molecular complexity index is 758. The number of para-hydroxylation sites is 2. The number of rotatable bonds is 5. The molecular formula is C16H21N5. The molecule has 0 radical (unpaired) electrons. The van der Waals surface area contributed by atoms with Crippen LogP contribution in [0, 0.1) is 6.92 Å². The zero-order chi connectivity index (χ0) is 14.8. The van der Waals surface area contributed by atoms with Gasteiger partial charge in [-0.15, -0.1) is 0 Å². The van der Waals surface area contributed by atoms with Gasteiger partial charge >= 0.3 is 0 Å². The molecule has 0 saturated heterocycles. The number of fused-ring (bicyclic) bond motifs is 2. The number of hydrogen-bond donors (Lipinski definition) is 0. The lowest BCUT2D eigenvalue weighted by molar-refractivity contribution is 0.291. The van der Waals surface area contributed by atoms with Crippen molar-refractivity contribution in [2.45, 2.75) is 27.3 Å². The topological polar surface area (TPSA) is 46.8 Å². The number of benzene rings is 1. The maximum absolute atomic E-state index is 4.75. The lowest BCUT2D eigenvalue weighted by Crippen LogP contribution is -2.27. The van der Waals surface area contributed by atoms with E-state index < -0.39 is 0 Å². The van der Waals surface area contributed by atoms with Gasteiger partial charge in [-0.2, -0.15) is 0 Å². The first-order valence-corrected chi connectivity index (χ1v) is 7.55. The van der Waals surface area contributed by atoms with Crippen molar-refractivity contribution in [2.24, 2.45) is 0 Å². The molecule has 0 amide bonds. The zero-order valence-electron chi connectivity index (χ0n) is 12.9. The second-order valence-electron chi connectivity index (χ2n) is 5.20. The Morgan fingerprint density at radius 3 is 2.33 bits per heavy atom. The van der Waals surface area contributed by atoms with Crippen LogP contribution in [0.25, 0.3) is 22.3 Å². The van der Waals surface area contributed by atoms with Gasteiger partial charge < -0.3 is 9.47 Å². The first-order valence-electron chi connectivity index (χ1n) is 7.55. The molecule has 0 aliphatic carbocycles. The molecule has 0 aliphatic heterocycles. The largest absolute Gasteiger partial charge is 0.310 e. The van der Waals surface area contributed by atoms with E-state index in [1.165, 1.54) is 0 Å². The van der Waals surface area contributed by atoms with Gasteiger partial charge in [0.1, 0.15) is 5.82 Å². The van der Waals surface area contributed by atoms with E-state index in [1.807, 2.05) is 31.2 Å². The molecule has 0 aliphatic rings. The number of hydrogen-bond acceptors (Lipinski definition) is 4. The molecule has 0 atom stereocenters. The monoisotopic (exact) mass is 283 g/mol. The highest BCUT2D eigenvalue weighted by molar-refractivity contribution is 5.82. The van der Waals surface area contributed by atoms with Crippen molar-refractivity contribution in [2.75, 3.05) is 19.6 Å². The van der Waals surface area contributed by atoms with E-state index in [9.17, 15) is 0 Å². The van der Waals surface area contributed by atoms with Crippen molar-refractivity contribution in [1.82, 2.24) is 24.4 Å². The molecule has 0 N–H and O–H groups in total. The summed E-state index contributed by atoms with van der Waals surface area (Å²) >= 11 is 0. The van der Waals surface area contributed by atoms with Gasteiger partial charge in [0.15, 0.2) is 11.3 Å². The van der Waals surface area contributed by atoms with Crippen LogP contribution >= 0.6 is 0 Å². The number of nitrogens with zero attached hydrogens (tertiary/aromatic N) is 5. The Kier molecular flexibility index (Phi) is 3.84. The summed E-state index contributed by atoms with van der Waals surface area (Å²) in [6, 6.07) is 7.95. The van der Waals surface area contributed by atoms with Gasteiger partial charge in [-0.05, 0) is 32.1 Å². The summed E-state index contributed by atoms with van der Waals surface area (Å²) in [5.41, 5.74) is 3.46. The second-order valence-corrected chi connectivity index (χ2v) is 5.20. The van der Waals surface area contributed by atoms with Gasteiger partial charge in [-0.25, -0.2) is 15.0 Å². The van der Waals surface area contributed by atoms with Crippen LogP contribution in [-0.2, 0) is 6.54 Å². The van der Waals surface area contributed by atoms with Crippen LogP contribution in [0.4, 0.5) is 0 Å². The van der Waals surface area contributed by atoms with Gasteiger partial charge in [0, 0.05) is 13.1 Å². The molecule has 0 saturated carbocycles. The third-order valence-electron chi connectivity index (χ3n) is 3.98. The number of aromatic nitrogens is 4. The van der Waals surface area contributed by atoms with Crippen LogP contribution in [0.2, 0.25) is 0 Å². The summed E-state index contributed by atoms with van der Waals surface area (Å²) in [5, 5.41) is 0. The number of imidazole rings is 1. The first-order chi connectivity index (χ1) is 10.2. The summed E-state index contributed by atoms with van der Waals surface area (Å²) in [4.78, 5) is 16.3. The van der Waals surface area contributed by atoms with Crippen LogP contribution < -0.4 is 0 Å². The third-order valence-corrected chi connectivity index (χ3v) is 3.98. The second kappa shape index (κ2) is 5.77. The van der Waals surface area contributed by atoms with Gasteiger partial charge in [0.25, 0.3) is 0 Å². The van der Waals surface area contributed by atoms with E-state index in [4.69, 9.17) is 4.98 Å². The molecule has 2 heterocycles. The van der Waals surface area contributed by atoms with Crippen LogP contribution in [0.5, 0.6) is 0 Å². The molecule has 3 rings (SSSR count). The molecule has 5 heteroatoms. The van der Waals surface area contributed by atoms with E-state index in [0.29, 0.717) is 0 Å². The molecule has 110 valence electrons. The fourth-order valence-corrected chi connectivity index (χ4v) is 2.65. The SMILES string of the molecule is CCN(CC)CCn1c(C)nc2nc3ccccc3nc21. The quantitative estimate of drug-likeness (QED) is 0.722. The fourth-order valence-electron chi connectivity index (χ4n) is 2.65. The van der Waals surface area contributed by atoms with Gasteiger partial charge in [0.05, 0.1) is 11.0 Å². The Morgan fingerprint density at radius 2 is 1.67 bits per heavy atom. The highest BCUT2D eigenvalue weighted by atomic mass is 15.2. The van der Waals surface area contributed by atoms with Crippen molar-refractivity contribution in [1.29, 1.82) is 0 Å². The standard InChI is InChI=1S/C16H21N5/c1-4-20(5-2)10-11-21-12(3)17-15-16(21)19-14-9-7-6-8-13(14)18-15/h6-9H,4-5,10-11H2,1-3H3. The molecule has 0 bridgehead atoms.